The van der Waals surface area contributed by atoms with E-state index in [9.17, 15) is 63.0 Å². The molecule has 72 heavy (non-hydrogen) atoms. The summed E-state index contributed by atoms with van der Waals surface area (Å²) >= 11 is 13.4. The fraction of sp³-hybridized carbons (Fsp3) is 0.714. The average molecular weight is 1100 g/mol. The number of carbonyl (C=O) groups excluding carboxylic acids is 9. The number of hydrogen-bond acceptors (Lipinski definition) is 17. The Morgan fingerprint density at radius 1 is 0.528 bits per heavy atom. The normalized spacial score (nSPS) is 15.2. The van der Waals surface area contributed by atoms with Crippen molar-refractivity contribution < 1.29 is 63.0 Å². The molecule has 0 aliphatic carbocycles. The molecule has 30 heteroatoms. The van der Waals surface area contributed by atoms with Gasteiger partial charge >= 0.3 is 11.9 Å². The van der Waals surface area contributed by atoms with E-state index in [0.29, 0.717) is 5.75 Å². The van der Waals surface area contributed by atoms with Crippen LogP contribution in [0.15, 0.2) is 4.99 Å². The van der Waals surface area contributed by atoms with Crippen LogP contribution in [0.3, 0.4) is 0 Å². The second kappa shape index (κ2) is 35.0. The van der Waals surface area contributed by atoms with Crippen molar-refractivity contribution in [3.8, 4) is 0 Å². The minimum absolute atomic E-state index is 0.0180. The zero-order valence-electron chi connectivity index (χ0n) is 41.5. The molecule has 0 aromatic rings. The number of aliphatic carboxylic acids is 2. The van der Waals surface area contributed by atoms with Crippen LogP contribution in [0, 0.1) is 11.8 Å². The summed E-state index contributed by atoms with van der Waals surface area (Å²) in [7, 11) is 0. The molecule has 0 heterocycles. The van der Waals surface area contributed by atoms with Gasteiger partial charge in [-0.25, -0.2) is 4.79 Å². The number of rotatable bonds is 35. The molecule has 410 valence electrons. The first-order chi connectivity index (χ1) is 33.6. The number of aliphatic imine (C=N–C) groups is 1. The van der Waals surface area contributed by atoms with Gasteiger partial charge in [-0.1, -0.05) is 27.7 Å². The van der Waals surface area contributed by atoms with Crippen molar-refractivity contribution >= 4 is 121 Å². The Labute approximate surface area is 440 Å². The number of hydrogen-bond donors (Lipinski definition) is 17. The molecule has 26 nitrogen and oxygen atoms in total. The monoisotopic (exact) mass is 1100 g/mol. The number of nitrogens with zero attached hydrogens (tertiary/aromatic N) is 1. The van der Waals surface area contributed by atoms with E-state index in [-0.39, 0.29) is 61.4 Å². The number of thiol groups is 3. The van der Waals surface area contributed by atoms with Crippen LogP contribution in [0.4, 0.5) is 0 Å². The van der Waals surface area contributed by atoms with Gasteiger partial charge in [0.15, 0.2) is 5.96 Å². The first kappa shape index (κ1) is 66.8. The van der Waals surface area contributed by atoms with Crippen molar-refractivity contribution in [1.82, 2.24) is 47.9 Å². The summed E-state index contributed by atoms with van der Waals surface area (Å²) in [5, 5.41) is 41.2. The maximum atomic E-state index is 14.0. The maximum absolute atomic E-state index is 14.0. The molecule has 0 spiro atoms. The van der Waals surface area contributed by atoms with Crippen molar-refractivity contribution in [2.24, 2.45) is 34.0 Å². The SMILES string of the molecule is CSCC[C@H](NC(=O)[C@H](C)NC(=O)[C@H](CC(C)C)NC(=O)[C@@H](NC(=O)[C@H](CCC(=O)O)NC(=O)[C@H](CCCN=C(N)N)NC(=O)[C@H](C)NC(=O)[C@@H](N)CS)C(C)C)C(=O)N[C@@H](CS)C(=O)N[C@@H](CS)C(=O)O. The van der Waals surface area contributed by atoms with Crippen LogP contribution in [-0.2, 0) is 52.7 Å². The molecule has 0 aliphatic rings. The molecule has 0 rings (SSSR count). The third-order valence-electron chi connectivity index (χ3n) is 10.3. The largest absolute Gasteiger partial charge is 0.481 e. The fourth-order valence-electron chi connectivity index (χ4n) is 6.21. The number of carbonyl (C=O) groups is 11. The first-order valence-electron chi connectivity index (χ1n) is 22.9. The second-order valence-electron chi connectivity index (χ2n) is 17.3. The van der Waals surface area contributed by atoms with Crippen LogP contribution in [0.5, 0.6) is 0 Å². The number of nitrogens with one attached hydrogen (secondary N) is 9. The van der Waals surface area contributed by atoms with E-state index in [1.54, 1.807) is 34.0 Å². The number of guanidine groups is 1. The van der Waals surface area contributed by atoms with Crippen molar-refractivity contribution in [2.75, 3.05) is 35.8 Å². The minimum atomic E-state index is -1.58. The molecule has 17 N–H and O–H groups in total. The van der Waals surface area contributed by atoms with Gasteiger partial charge in [0.25, 0.3) is 0 Å². The Morgan fingerprint density at radius 3 is 1.42 bits per heavy atom. The topological polar surface area (TPSA) is 427 Å². The number of carboxylic acids is 2. The van der Waals surface area contributed by atoms with Gasteiger partial charge in [0.1, 0.15) is 54.4 Å². The van der Waals surface area contributed by atoms with Gasteiger partial charge in [0.2, 0.25) is 53.2 Å². The summed E-state index contributed by atoms with van der Waals surface area (Å²) in [5.74, 6) is -11.3. The Kier molecular flexibility index (Phi) is 32.5. The van der Waals surface area contributed by atoms with Crippen molar-refractivity contribution in [3.63, 3.8) is 0 Å². The smallest absolute Gasteiger partial charge is 0.327 e. The molecule has 0 saturated heterocycles. The van der Waals surface area contributed by atoms with Gasteiger partial charge in [-0.15, -0.1) is 0 Å². The van der Waals surface area contributed by atoms with E-state index in [1.807, 2.05) is 0 Å². The molecular formula is C42H75N13O13S4. The first-order valence-corrected chi connectivity index (χ1v) is 26.2. The standard InChI is InChI=1S/C42H75N13O13S4/c1-19(2)15-27(38(64)48-22(6)33(59)50-26(12-14-72-7)36(62)53-28(17-70)39(65)54-29(18-71)41(67)68)52-40(66)31(20(3)4)55-37(63)25(10-11-30(56)57)51-35(61)24(9-8-13-46-42(44)45)49-32(58)21(5)47-34(60)23(43)16-69/h19-29,31,69-71H,8-18,43H2,1-7H3,(H,47,60)(H,48,64)(H,49,58)(H,50,59)(H,51,61)(H,52,66)(H,53,62)(H,54,65)(H,55,63)(H,56,57)(H,67,68)(H4,44,45,46)/t21-,22-,23-,24-,25-,26-,27-,28-,29-,31-/m0/s1. The predicted molar refractivity (Wildman–Crippen MR) is 280 cm³/mol. The molecule has 0 bridgehead atoms. The summed E-state index contributed by atoms with van der Waals surface area (Å²) in [5.41, 5.74) is 16.5. The highest BCUT2D eigenvalue weighted by molar-refractivity contribution is 7.98. The van der Waals surface area contributed by atoms with Crippen LogP contribution in [0.25, 0.3) is 0 Å². The lowest BCUT2D eigenvalue weighted by molar-refractivity contribution is -0.141. The average Bonchev–Trinajstić information content (AvgIpc) is 3.30. The molecule has 0 fully saturated rings. The van der Waals surface area contributed by atoms with Gasteiger partial charge in [-0.3, -0.25) is 52.9 Å². The fourth-order valence-corrected chi connectivity index (χ4v) is 7.35. The second-order valence-corrected chi connectivity index (χ2v) is 19.4. The summed E-state index contributed by atoms with van der Waals surface area (Å²) in [6, 6.07) is -12.9. The van der Waals surface area contributed by atoms with E-state index in [4.69, 9.17) is 17.2 Å². The Hall–Kier alpha value is -5.20. The molecule has 0 aromatic carbocycles. The summed E-state index contributed by atoms with van der Waals surface area (Å²) in [6.45, 7) is 9.39. The number of amides is 9. The number of nitrogens with two attached hydrogens (primary N) is 3. The summed E-state index contributed by atoms with van der Waals surface area (Å²) in [4.78, 5) is 147. The summed E-state index contributed by atoms with van der Waals surface area (Å²) < 4.78 is 0. The van der Waals surface area contributed by atoms with Crippen LogP contribution in [0.2, 0.25) is 0 Å². The minimum Gasteiger partial charge on any atom is -0.481 e. The third kappa shape index (κ3) is 26.0. The highest BCUT2D eigenvalue weighted by Crippen LogP contribution is 2.11. The van der Waals surface area contributed by atoms with Gasteiger partial charge in [0, 0.05) is 30.2 Å². The lowest BCUT2D eigenvalue weighted by Gasteiger charge is -2.29. The third-order valence-corrected chi connectivity index (χ3v) is 12.1. The zero-order chi connectivity index (χ0) is 55.4. The van der Waals surface area contributed by atoms with Gasteiger partial charge in [-0.05, 0) is 69.8 Å². The molecule has 9 amide bonds. The highest BCUT2D eigenvalue weighted by Gasteiger charge is 2.35. The van der Waals surface area contributed by atoms with Gasteiger partial charge in [-0.2, -0.15) is 49.6 Å². The maximum Gasteiger partial charge on any atom is 0.327 e. The molecule has 0 aromatic heterocycles. The lowest BCUT2D eigenvalue weighted by atomic mass is 9.99. The van der Waals surface area contributed by atoms with Crippen LogP contribution in [-0.4, -0.2) is 178 Å². The van der Waals surface area contributed by atoms with Crippen molar-refractivity contribution in [2.45, 2.75) is 140 Å². The van der Waals surface area contributed by atoms with Crippen molar-refractivity contribution in [3.05, 3.63) is 0 Å². The molecule has 0 saturated carbocycles. The van der Waals surface area contributed by atoms with Gasteiger partial charge < -0.3 is 75.3 Å². The van der Waals surface area contributed by atoms with Crippen LogP contribution in [0.1, 0.15) is 80.1 Å². The highest BCUT2D eigenvalue weighted by atomic mass is 32.2. The Balaban J connectivity index is 6.37. The van der Waals surface area contributed by atoms with E-state index in [2.05, 4.69) is 90.7 Å². The molecule has 0 aliphatic heterocycles. The molecule has 0 radical (unpaired) electrons. The van der Waals surface area contributed by atoms with E-state index < -0.39 is 144 Å². The Bertz CT molecular complexity index is 1900. The zero-order valence-corrected chi connectivity index (χ0v) is 45.0. The van der Waals surface area contributed by atoms with Crippen LogP contribution < -0.4 is 65.1 Å². The van der Waals surface area contributed by atoms with E-state index >= 15 is 0 Å². The summed E-state index contributed by atoms with van der Waals surface area (Å²) in [6.07, 6.45) is 0.877. The predicted octanol–water partition coefficient (Wildman–Crippen LogP) is -4.04. The molecular weight excluding hydrogens is 1020 g/mol. The molecule has 10 atom stereocenters. The molecule has 0 unspecified atom stereocenters. The quantitative estimate of drug-likeness (QED) is 0.0124. The van der Waals surface area contributed by atoms with Crippen molar-refractivity contribution in [1.29, 1.82) is 0 Å². The van der Waals surface area contributed by atoms with Crippen LogP contribution >= 0.6 is 49.6 Å². The van der Waals surface area contributed by atoms with E-state index in [0.717, 1.165) is 0 Å². The lowest BCUT2D eigenvalue weighted by Crippen LogP contribution is -2.61. The number of thioether (sulfide) groups is 1. The van der Waals surface area contributed by atoms with E-state index in [1.165, 1.54) is 25.6 Å². The van der Waals surface area contributed by atoms with Gasteiger partial charge in [0.05, 0.1) is 6.04 Å². The number of carboxylic acid groups (broad SMARTS) is 2. The Morgan fingerprint density at radius 2 is 0.958 bits per heavy atom.